The van der Waals surface area contributed by atoms with Gasteiger partial charge in [0.15, 0.2) is 0 Å². The first-order valence-corrected chi connectivity index (χ1v) is 5.24. The third kappa shape index (κ3) is 2.49. The minimum absolute atomic E-state index is 0.143. The SMILES string of the molecule is Fc1ccc(-n2cc(Br)cn2)cc1C(F)(F)F. The van der Waals surface area contributed by atoms with Gasteiger partial charge in [0, 0.05) is 6.20 Å². The van der Waals surface area contributed by atoms with Crippen molar-refractivity contribution in [2.24, 2.45) is 0 Å². The summed E-state index contributed by atoms with van der Waals surface area (Å²) in [6.07, 6.45) is -1.81. The second-order valence-electron chi connectivity index (χ2n) is 3.27. The van der Waals surface area contributed by atoms with Gasteiger partial charge in [-0.2, -0.15) is 18.3 Å². The normalized spacial score (nSPS) is 11.8. The smallest absolute Gasteiger partial charge is 0.240 e. The Balaban J connectivity index is 2.51. The van der Waals surface area contributed by atoms with Gasteiger partial charge in [0.05, 0.1) is 21.9 Å². The van der Waals surface area contributed by atoms with Crippen LogP contribution in [-0.2, 0) is 6.18 Å². The molecule has 7 heteroatoms. The molecule has 90 valence electrons. The van der Waals surface area contributed by atoms with Crippen LogP contribution in [0.4, 0.5) is 17.6 Å². The molecule has 1 aromatic heterocycles. The molecular weight excluding hydrogens is 304 g/mol. The summed E-state index contributed by atoms with van der Waals surface area (Å²) in [6.45, 7) is 0. The summed E-state index contributed by atoms with van der Waals surface area (Å²) < 4.78 is 52.3. The lowest BCUT2D eigenvalue weighted by atomic mass is 10.2. The van der Waals surface area contributed by atoms with Crippen LogP contribution < -0.4 is 0 Å². The Morgan fingerprint density at radius 3 is 2.47 bits per heavy atom. The second-order valence-corrected chi connectivity index (χ2v) is 4.18. The van der Waals surface area contributed by atoms with E-state index in [1.165, 1.54) is 23.1 Å². The highest BCUT2D eigenvalue weighted by molar-refractivity contribution is 9.10. The predicted octanol–water partition coefficient (Wildman–Crippen LogP) is 3.79. The number of hydrogen-bond acceptors (Lipinski definition) is 1. The van der Waals surface area contributed by atoms with Crippen LogP contribution in [0.3, 0.4) is 0 Å². The minimum atomic E-state index is -4.72. The van der Waals surface area contributed by atoms with E-state index in [0.717, 1.165) is 12.1 Å². The largest absolute Gasteiger partial charge is 0.419 e. The predicted molar refractivity (Wildman–Crippen MR) is 56.2 cm³/mol. The lowest BCUT2D eigenvalue weighted by Crippen LogP contribution is -2.09. The van der Waals surface area contributed by atoms with Crippen molar-refractivity contribution in [3.05, 3.63) is 46.4 Å². The Bertz CT molecular complexity index is 547. The third-order valence-electron chi connectivity index (χ3n) is 2.07. The Morgan fingerprint density at radius 1 is 1.24 bits per heavy atom. The van der Waals surface area contributed by atoms with E-state index in [2.05, 4.69) is 21.0 Å². The van der Waals surface area contributed by atoms with Crippen LogP contribution in [0.1, 0.15) is 5.56 Å². The zero-order valence-corrected chi connectivity index (χ0v) is 9.76. The van der Waals surface area contributed by atoms with Crippen LogP contribution in [0.5, 0.6) is 0 Å². The summed E-state index contributed by atoms with van der Waals surface area (Å²) in [5.41, 5.74) is -1.16. The fourth-order valence-electron chi connectivity index (χ4n) is 1.32. The van der Waals surface area contributed by atoms with Crippen molar-refractivity contribution in [2.45, 2.75) is 6.18 Å². The molecule has 0 radical (unpaired) electrons. The van der Waals surface area contributed by atoms with E-state index >= 15 is 0 Å². The lowest BCUT2D eigenvalue weighted by molar-refractivity contribution is -0.140. The summed E-state index contributed by atoms with van der Waals surface area (Å²) in [5, 5.41) is 3.82. The number of rotatable bonds is 1. The maximum Gasteiger partial charge on any atom is 0.419 e. The van der Waals surface area contributed by atoms with Crippen molar-refractivity contribution >= 4 is 15.9 Å². The number of alkyl halides is 3. The highest BCUT2D eigenvalue weighted by Gasteiger charge is 2.34. The minimum Gasteiger partial charge on any atom is -0.240 e. The van der Waals surface area contributed by atoms with Crippen molar-refractivity contribution in [2.75, 3.05) is 0 Å². The number of hydrogen-bond donors (Lipinski definition) is 0. The standard InChI is InChI=1S/C10H5BrF4N2/c11-6-4-16-17(5-6)7-1-2-9(12)8(3-7)10(13,14)15/h1-5H. The molecular formula is C10H5BrF4N2. The Kier molecular flexibility index (Phi) is 2.94. The van der Waals surface area contributed by atoms with Crippen LogP contribution in [0.2, 0.25) is 0 Å². The van der Waals surface area contributed by atoms with Gasteiger partial charge in [0.1, 0.15) is 5.82 Å². The molecule has 1 heterocycles. The van der Waals surface area contributed by atoms with E-state index in [4.69, 9.17) is 0 Å². The zero-order chi connectivity index (χ0) is 12.6. The number of nitrogens with zero attached hydrogens (tertiary/aromatic N) is 2. The highest BCUT2D eigenvalue weighted by atomic mass is 79.9. The van der Waals surface area contributed by atoms with Crippen LogP contribution in [0, 0.1) is 5.82 Å². The average molecular weight is 309 g/mol. The van der Waals surface area contributed by atoms with Gasteiger partial charge in [0.25, 0.3) is 0 Å². The Labute approximate surface area is 102 Å². The van der Waals surface area contributed by atoms with Crippen molar-refractivity contribution in [3.8, 4) is 5.69 Å². The van der Waals surface area contributed by atoms with Crippen LogP contribution in [0.25, 0.3) is 5.69 Å². The molecule has 1 aromatic carbocycles. The summed E-state index contributed by atoms with van der Waals surface area (Å²) in [6, 6.07) is 2.71. The molecule has 0 atom stereocenters. The molecule has 0 saturated carbocycles. The van der Waals surface area contributed by atoms with Crippen molar-refractivity contribution in [1.29, 1.82) is 0 Å². The fourth-order valence-corrected chi connectivity index (χ4v) is 1.60. The van der Waals surface area contributed by atoms with Gasteiger partial charge in [-0.1, -0.05) is 0 Å². The van der Waals surface area contributed by atoms with Crippen LogP contribution >= 0.6 is 15.9 Å². The van der Waals surface area contributed by atoms with Gasteiger partial charge in [-0.3, -0.25) is 0 Å². The summed E-state index contributed by atoms with van der Waals surface area (Å²) >= 11 is 3.12. The van der Waals surface area contributed by atoms with Gasteiger partial charge in [-0.05, 0) is 34.1 Å². The van der Waals surface area contributed by atoms with E-state index in [-0.39, 0.29) is 5.69 Å². The number of aromatic nitrogens is 2. The van der Waals surface area contributed by atoms with Gasteiger partial charge >= 0.3 is 6.18 Å². The molecule has 0 aliphatic heterocycles. The van der Waals surface area contributed by atoms with Gasteiger partial charge in [-0.15, -0.1) is 0 Å². The second kappa shape index (κ2) is 4.14. The van der Waals surface area contributed by atoms with Crippen LogP contribution in [-0.4, -0.2) is 9.78 Å². The van der Waals surface area contributed by atoms with Crippen LogP contribution in [0.15, 0.2) is 35.1 Å². The number of benzene rings is 1. The average Bonchev–Trinajstić information content (AvgIpc) is 2.64. The van der Waals surface area contributed by atoms with Crippen molar-refractivity contribution in [1.82, 2.24) is 9.78 Å². The Morgan fingerprint density at radius 2 is 1.94 bits per heavy atom. The molecule has 17 heavy (non-hydrogen) atoms. The van der Waals surface area contributed by atoms with E-state index in [9.17, 15) is 17.6 Å². The van der Waals surface area contributed by atoms with Gasteiger partial charge in [-0.25, -0.2) is 9.07 Å². The number of halogens is 5. The molecule has 2 rings (SSSR count). The van der Waals surface area contributed by atoms with E-state index in [0.29, 0.717) is 4.47 Å². The summed E-state index contributed by atoms with van der Waals surface area (Å²) in [4.78, 5) is 0. The van der Waals surface area contributed by atoms with E-state index < -0.39 is 17.6 Å². The molecule has 0 unspecified atom stereocenters. The highest BCUT2D eigenvalue weighted by Crippen LogP contribution is 2.32. The van der Waals surface area contributed by atoms with Crippen molar-refractivity contribution < 1.29 is 17.6 Å². The summed E-state index contributed by atoms with van der Waals surface area (Å²) in [5.74, 6) is -1.30. The molecule has 2 nitrogen and oxygen atoms in total. The molecule has 0 N–H and O–H groups in total. The molecule has 0 saturated heterocycles. The molecule has 0 aliphatic carbocycles. The molecule has 2 aromatic rings. The van der Waals surface area contributed by atoms with Crippen molar-refractivity contribution in [3.63, 3.8) is 0 Å². The van der Waals surface area contributed by atoms with E-state index in [1.54, 1.807) is 0 Å². The molecule has 0 amide bonds. The zero-order valence-electron chi connectivity index (χ0n) is 8.17. The maximum atomic E-state index is 13.0. The maximum absolute atomic E-state index is 13.0. The molecule has 0 fully saturated rings. The fraction of sp³-hybridized carbons (Fsp3) is 0.100. The third-order valence-corrected chi connectivity index (χ3v) is 2.48. The lowest BCUT2D eigenvalue weighted by Gasteiger charge is -2.09. The first kappa shape index (κ1) is 12.1. The van der Waals surface area contributed by atoms with Gasteiger partial charge in [0.2, 0.25) is 0 Å². The topological polar surface area (TPSA) is 17.8 Å². The first-order valence-electron chi connectivity index (χ1n) is 4.45. The first-order chi connectivity index (χ1) is 7.88. The van der Waals surface area contributed by atoms with Gasteiger partial charge < -0.3 is 0 Å². The molecule has 0 aliphatic rings. The molecule has 0 bridgehead atoms. The quantitative estimate of drug-likeness (QED) is 0.733. The Hall–Kier alpha value is -1.37. The van der Waals surface area contributed by atoms with E-state index in [1.807, 2.05) is 0 Å². The monoisotopic (exact) mass is 308 g/mol. The molecule has 0 spiro atoms. The summed E-state index contributed by atoms with van der Waals surface area (Å²) in [7, 11) is 0.